The molecule has 1 N–H and O–H groups in total. The van der Waals surface area contributed by atoms with Crippen LogP contribution in [0, 0.1) is 6.92 Å². The fraction of sp³-hybridized carbons (Fsp3) is 0.0455. The molecular formula is C22H14BrN3O3S. The van der Waals surface area contributed by atoms with Crippen molar-refractivity contribution < 1.29 is 13.2 Å². The number of hydrogen-bond acceptors (Lipinski definition) is 5. The largest absolute Gasteiger partial charge is 0.288 e. The lowest BCUT2D eigenvalue weighted by molar-refractivity contribution is 0.104. The number of ketones is 1. The molecule has 4 aromatic rings. The van der Waals surface area contributed by atoms with Gasteiger partial charge in [-0.25, -0.2) is 18.4 Å². The molecule has 6 nitrogen and oxygen atoms in total. The van der Waals surface area contributed by atoms with Gasteiger partial charge in [0, 0.05) is 21.0 Å². The minimum absolute atomic E-state index is 0.115. The fourth-order valence-electron chi connectivity index (χ4n) is 3.67. The van der Waals surface area contributed by atoms with Crippen LogP contribution in [0.25, 0.3) is 22.2 Å². The van der Waals surface area contributed by atoms with E-state index in [9.17, 15) is 13.2 Å². The first kappa shape index (κ1) is 18.9. The van der Waals surface area contributed by atoms with Gasteiger partial charge in [-0.2, -0.15) is 0 Å². The number of anilines is 1. The number of aromatic nitrogens is 2. The molecule has 0 aliphatic heterocycles. The highest BCUT2D eigenvalue weighted by molar-refractivity contribution is 9.10. The lowest BCUT2D eigenvalue weighted by Crippen LogP contribution is -2.19. The van der Waals surface area contributed by atoms with E-state index in [4.69, 9.17) is 0 Å². The van der Waals surface area contributed by atoms with Gasteiger partial charge in [-0.1, -0.05) is 42.0 Å². The summed E-state index contributed by atoms with van der Waals surface area (Å²) in [4.78, 5) is 22.2. The molecule has 0 unspecified atom stereocenters. The lowest BCUT2D eigenvalue weighted by Gasteiger charge is -2.22. The summed E-state index contributed by atoms with van der Waals surface area (Å²) >= 11 is 3.47. The number of carbonyl (C=O) groups is 1. The Hall–Kier alpha value is -3.10. The molecule has 5 rings (SSSR count). The second-order valence-electron chi connectivity index (χ2n) is 7.02. The molecule has 1 heterocycles. The summed E-state index contributed by atoms with van der Waals surface area (Å²) in [6.45, 7) is 1.88. The van der Waals surface area contributed by atoms with Crippen LogP contribution in [0.15, 0.2) is 70.3 Å². The van der Waals surface area contributed by atoms with Crippen LogP contribution in [0.5, 0.6) is 0 Å². The number of nitrogens with one attached hydrogen (secondary N) is 1. The number of fused-ring (bicyclic) bond motifs is 2. The number of halogens is 1. The average Bonchev–Trinajstić information content (AvgIpc) is 2.73. The van der Waals surface area contributed by atoms with E-state index < -0.39 is 10.0 Å². The molecule has 0 saturated heterocycles. The summed E-state index contributed by atoms with van der Waals surface area (Å²) in [5, 5.41) is 0.525. The number of hydrogen-bond donors (Lipinski definition) is 1. The molecule has 0 amide bonds. The quantitative estimate of drug-likeness (QED) is 0.404. The number of aryl methyl sites for hydroxylation is 1. The van der Waals surface area contributed by atoms with E-state index in [0.29, 0.717) is 32.2 Å². The van der Waals surface area contributed by atoms with Crippen molar-refractivity contribution in [1.29, 1.82) is 0 Å². The van der Waals surface area contributed by atoms with Crippen molar-refractivity contribution in [2.24, 2.45) is 0 Å². The molecule has 148 valence electrons. The Labute approximate surface area is 181 Å². The van der Waals surface area contributed by atoms with Crippen LogP contribution < -0.4 is 4.72 Å². The van der Waals surface area contributed by atoms with Crippen LogP contribution in [0.4, 0.5) is 5.69 Å². The average molecular weight is 480 g/mol. The van der Waals surface area contributed by atoms with E-state index in [1.165, 1.54) is 18.5 Å². The number of rotatable bonds is 3. The Morgan fingerprint density at radius 3 is 2.40 bits per heavy atom. The molecule has 1 aliphatic rings. The van der Waals surface area contributed by atoms with Gasteiger partial charge in [-0.15, -0.1) is 0 Å². The third-order valence-electron chi connectivity index (χ3n) is 5.09. The first-order valence-corrected chi connectivity index (χ1v) is 11.4. The van der Waals surface area contributed by atoms with Gasteiger partial charge < -0.3 is 0 Å². The van der Waals surface area contributed by atoms with Gasteiger partial charge in [-0.05, 0) is 41.1 Å². The van der Waals surface area contributed by atoms with Crippen LogP contribution in [0.3, 0.4) is 0 Å². The summed E-state index contributed by atoms with van der Waals surface area (Å²) in [5.41, 5.74) is 3.71. The highest BCUT2D eigenvalue weighted by atomic mass is 79.9. The predicted molar refractivity (Wildman–Crippen MR) is 118 cm³/mol. The van der Waals surface area contributed by atoms with E-state index >= 15 is 0 Å². The second-order valence-corrected chi connectivity index (χ2v) is 9.56. The smallest absolute Gasteiger partial charge is 0.261 e. The van der Waals surface area contributed by atoms with Gasteiger partial charge >= 0.3 is 0 Å². The summed E-state index contributed by atoms with van der Waals surface area (Å²) in [7, 11) is -3.90. The van der Waals surface area contributed by atoms with Crippen molar-refractivity contribution in [3.63, 3.8) is 0 Å². The summed E-state index contributed by atoms with van der Waals surface area (Å²) in [6.07, 6.45) is 1.44. The summed E-state index contributed by atoms with van der Waals surface area (Å²) < 4.78 is 29.2. The molecule has 0 radical (unpaired) electrons. The van der Waals surface area contributed by atoms with E-state index in [1.54, 1.807) is 30.3 Å². The topological polar surface area (TPSA) is 89.0 Å². The van der Waals surface area contributed by atoms with Crippen LogP contribution >= 0.6 is 15.9 Å². The zero-order chi connectivity index (χ0) is 21.0. The monoisotopic (exact) mass is 479 g/mol. The van der Waals surface area contributed by atoms with Gasteiger partial charge in [0.25, 0.3) is 10.0 Å². The zero-order valence-electron chi connectivity index (χ0n) is 15.7. The third-order valence-corrected chi connectivity index (χ3v) is 7.08. The minimum Gasteiger partial charge on any atom is -0.288 e. The molecule has 0 saturated carbocycles. The fourth-order valence-corrected chi connectivity index (χ4v) is 5.26. The number of benzene rings is 3. The molecule has 0 atom stereocenters. The van der Waals surface area contributed by atoms with Gasteiger partial charge in [0.2, 0.25) is 0 Å². The first-order valence-electron chi connectivity index (χ1n) is 9.07. The molecular weight excluding hydrogens is 466 g/mol. The minimum atomic E-state index is -3.90. The number of sulfonamides is 1. The maximum Gasteiger partial charge on any atom is 0.261 e. The molecule has 0 bridgehead atoms. The molecule has 1 aromatic heterocycles. The van der Waals surface area contributed by atoms with Gasteiger partial charge in [0.05, 0.1) is 27.4 Å². The highest BCUT2D eigenvalue weighted by Crippen LogP contribution is 2.43. The summed E-state index contributed by atoms with van der Waals surface area (Å²) in [5.74, 6) is -0.271. The van der Waals surface area contributed by atoms with Crippen LogP contribution in [-0.4, -0.2) is 24.2 Å². The van der Waals surface area contributed by atoms with Crippen molar-refractivity contribution in [2.45, 2.75) is 11.8 Å². The highest BCUT2D eigenvalue weighted by Gasteiger charge is 2.31. The van der Waals surface area contributed by atoms with E-state index in [1.807, 2.05) is 19.1 Å². The normalized spacial score (nSPS) is 12.7. The zero-order valence-corrected chi connectivity index (χ0v) is 18.1. The van der Waals surface area contributed by atoms with Crippen LogP contribution in [0.1, 0.15) is 21.5 Å². The second kappa shape index (κ2) is 6.72. The number of carbonyl (C=O) groups excluding carboxylic acids is 1. The first-order chi connectivity index (χ1) is 14.4. The Kier molecular flexibility index (Phi) is 4.23. The van der Waals surface area contributed by atoms with Gasteiger partial charge in [0.1, 0.15) is 6.33 Å². The molecule has 30 heavy (non-hydrogen) atoms. The van der Waals surface area contributed by atoms with E-state index in [-0.39, 0.29) is 21.9 Å². The van der Waals surface area contributed by atoms with Crippen molar-refractivity contribution >= 4 is 48.3 Å². The molecule has 8 heteroatoms. The van der Waals surface area contributed by atoms with E-state index in [0.717, 1.165) is 5.56 Å². The Morgan fingerprint density at radius 2 is 1.67 bits per heavy atom. The van der Waals surface area contributed by atoms with Crippen molar-refractivity contribution in [3.8, 4) is 11.3 Å². The van der Waals surface area contributed by atoms with Crippen molar-refractivity contribution in [1.82, 2.24) is 9.97 Å². The lowest BCUT2D eigenvalue weighted by atomic mass is 9.86. The summed E-state index contributed by atoms with van der Waals surface area (Å²) in [6, 6.07) is 15.2. The SMILES string of the molecule is Cc1ccc(S(=O)(=O)Nc2cc(Br)c3ncnc4c3c2C(=O)c2ccccc2-4)cc1. The standard InChI is InChI=1S/C22H14BrN3O3S/c1-12-6-8-13(9-7-12)30(28,29)26-17-10-16(23)21-19-18(17)22(27)15-5-3-2-4-14(15)20(19)24-11-25-21/h2-11,26H,1H3. The van der Waals surface area contributed by atoms with Gasteiger partial charge in [-0.3, -0.25) is 9.52 Å². The Balaban J connectivity index is 1.77. The predicted octanol–water partition coefficient (Wildman–Crippen LogP) is 4.71. The van der Waals surface area contributed by atoms with Crippen LogP contribution in [-0.2, 0) is 10.0 Å². The number of nitrogens with zero attached hydrogens (tertiary/aromatic N) is 2. The van der Waals surface area contributed by atoms with Crippen LogP contribution in [0.2, 0.25) is 0 Å². The Morgan fingerprint density at radius 1 is 0.967 bits per heavy atom. The van der Waals surface area contributed by atoms with Gasteiger partial charge in [0.15, 0.2) is 5.78 Å². The third kappa shape index (κ3) is 2.83. The molecule has 0 fully saturated rings. The molecule has 0 spiro atoms. The maximum absolute atomic E-state index is 13.4. The van der Waals surface area contributed by atoms with Crippen molar-refractivity contribution in [3.05, 3.63) is 82.1 Å². The molecule has 3 aromatic carbocycles. The van der Waals surface area contributed by atoms with Crippen molar-refractivity contribution in [2.75, 3.05) is 4.72 Å². The maximum atomic E-state index is 13.4. The molecule has 1 aliphatic carbocycles. The van der Waals surface area contributed by atoms with E-state index in [2.05, 4.69) is 30.6 Å². The Bertz CT molecular complexity index is 1470.